The number of hydrogen-bond donors (Lipinski definition) is 0. The maximum absolute atomic E-state index is 13.8. The average Bonchev–Trinajstić information content (AvgIpc) is 2.96. The second kappa shape index (κ2) is 12.6. The molecule has 4 rings (SSSR count). The van der Waals surface area contributed by atoms with Crippen molar-refractivity contribution in [3.05, 3.63) is 59.7 Å². The fourth-order valence-electron chi connectivity index (χ4n) is 5.05. The first kappa shape index (κ1) is 28.6. The lowest BCUT2D eigenvalue weighted by Gasteiger charge is -2.26. The number of hydrogen-bond acceptors (Lipinski definition) is 6. The van der Waals surface area contributed by atoms with Crippen LogP contribution in [-0.4, -0.2) is 59.3 Å². The van der Waals surface area contributed by atoms with Crippen LogP contribution in [-0.2, 0) is 26.6 Å². The van der Waals surface area contributed by atoms with E-state index in [1.165, 1.54) is 44.9 Å². The Hall–Kier alpha value is -2.40. The van der Waals surface area contributed by atoms with Crippen molar-refractivity contribution in [3.63, 3.8) is 0 Å². The quantitative estimate of drug-likeness (QED) is 0.360. The van der Waals surface area contributed by atoms with Crippen LogP contribution in [0.1, 0.15) is 56.9 Å². The maximum Gasteiger partial charge on any atom is 0.243 e. The van der Waals surface area contributed by atoms with Crippen LogP contribution in [0.4, 0.5) is 0 Å². The van der Waals surface area contributed by atoms with E-state index >= 15 is 0 Å². The minimum absolute atomic E-state index is 0.0770. The molecule has 0 bridgehead atoms. The molecule has 0 unspecified atom stereocenters. The van der Waals surface area contributed by atoms with Crippen molar-refractivity contribution in [1.82, 2.24) is 8.61 Å². The molecule has 0 amide bonds. The van der Waals surface area contributed by atoms with Crippen molar-refractivity contribution in [2.75, 3.05) is 33.9 Å². The molecule has 1 saturated heterocycles. The monoisotopic (exact) mass is 562 g/mol. The molecule has 2 aromatic carbocycles. The highest BCUT2D eigenvalue weighted by Gasteiger charge is 2.29. The van der Waals surface area contributed by atoms with Gasteiger partial charge in [-0.25, -0.2) is 16.8 Å². The first-order chi connectivity index (χ1) is 18.3. The highest BCUT2D eigenvalue weighted by molar-refractivity contribution is 7.89. The third-order valence-corrected chi connectivity index (χ3v) is 11.1. The minimum Gasteiger partial charge on any atom is -0.493 e. The maximum atomic E-state index is 13.8. The number of allylic oxidation sites excluding steroid dienone is 1. The van der Waals surface area contributed by atoms with Crippen molar-refractivity contribution < 1.29 is 26.3 Å². The number of piperidine rings is 1. The summed E-state index contributed by atoms with van der Waals surface area (Å²) in [5.41, 5.74) is 2.06. The van der Waals surface area contributed by atoms with E-state index in [9.17, 15) is 16.8 Å². The van der Waals surface area contributed by atoms with Gasteiger partial charge in [-0.1, -0.05) is 24.1 Å². The van der Waals surface area contributed by atoms with Crippen molar-refractivity contribution in [1.29, 1.82) is 0 Å². The van der Waals surface area contributed by atoms with Gasteiger partial charge in [-0.3, -0.25) is 0 Å². The van der Waals surface area contributed by atoms with E-state index in [2.05, 4.69) is 6.08 Å². The van der Waals surface area contributed by atoms with Crippen LogP contribution in [0.3, 0.4) is 0 Å². The van der Waals surface area contributed by atoms with Crippen LogP contribution in [0.2, 0.25) is 0 Å². The molecule has 10 heteroatoms. The van der Waals surface area contributed by atoms with Gasteiger partial charge in [0.2, 0.25) is 20.0 Å². The predicted molar refractivity (Wildman–Crippen MR) is 147 cm³/mol. The smallest absolute Gasteiger partial charge is 0.243 e. The Morgan fingerprint density at radius 1 is 0.816 bits per heavy atom. The van der Waals surface area contributed by atoms with Gasteiger partial charge in [-0.05, 0) is 86.9 Å². The first-order valence-corrected chi connectivity index (χ1v) is 16.1. The molecule has 0 radical (unpaired) electrons. The van der Waals surface area contributed by atoms with E-state index < -0.39 is 20.0 Å². The van der Waals surface area contributed by atoms with Crippen LogP contribution >= 0.6 is 0 Å². The van der Waals surface area contributed by atoms with Gasteiger partial charge in [-0.2, -0.15) is 8.61 Å². The zero-order chi connectivity index (χ0) is 27.2. The van der Waals surface area contributed by atoms with Gasteiger partial charge in [0.15, 0.2) is 11.5 Å². The summed E-state index contributed by atoms with van der Waals surface area (Å²) in [4.78, 5) is 0.199. The number of nitrogens with zero attached hydrogens (tertiary/aromatic N) is 2. The molecule has 1 heterocycles. The number of benzene rings is 2. The zero-order valence-electron chi connectivity index (χ0n) is 22.3. The van der Waals surface area contributed by atoms with Crippen LogP contribution in [0.15, 0.2) is 63.9 Å². The fraction of sp³-hybridized carbons (Fsp3) is 0.500. The predicted octanol–water partition coefficient (Wildman–Crippen LogP) is 4.96. The Balaban J connectivity index is 1.60. The molecule has 8 nitrogen and oxygen atoms in total. The molecule has 1 aliphatic heterocycles. The summed E-state index contributed by atoms with van der Waals surface area (Å²) in [6.45, 7) is 1.48. The molecule has 0 aromatic heterocycles. The van der Waals surface area contributed by atoms with Crippen molar-refractivity contribution in [2.45, 2.75) is 67.7 Å². The van der Waals surface area contributed by atoms with Crippen molar-refractivity contribution in [2.24, 2.45) is 0 Å². The van der Waals surface area contributed by atoms with Gasteiger partial charge in [0.1, 0.15) is 0 Å². The summed E-state index contributed by atoms with van der Waals surface area (Å²) in [5, 5.41) is 0. The largest absolute Gasteiger partial charge is 0.493 e. The average molecular weight is 563 g/mol. The summed E-state index contributed by atoms with van der Waals surface area (Å²) >= 11 is 0. The summed E-state index contributed by atoms with van der Waals surface area (Å²) in [6.07, 6.45) is 9.92. The highest BCUT2D eigenvalue weighted by atomic mass is 32.2. The molecule has 0 saturated carbocycles. The van der Waals surface area contributed by atoms with E-state index in [0.29, 0.717) is 37.6 Å². The normalized spacial score (nSPS) is 17.3. The van der Waals surface area contributed by atoms with Gasteiger partial charge in [0, 0.05) is 26.2 Å². The summed E-state index contributed by atoms with van der Waals surface area (Å²) < 4.78 is 67.5. The fourth-order valence-corrected chi connectivity index (χ4v) is 8.00. The second-order valence-electron chi connectivity index (χ2n) is 9.82. The van der Waals surface area contributed by atoms with Gasteiger partial charge < -0.3 is 9.47 Å². The molecular formula is C28H38N2O6S2. The third kappa shape index (κ3) is 6.59. The molecule has 1 aliphatic carbocycles. The van der Waals surface area contributed by atoms with Crippen LogP contribution in [0, 0.1) is 0 Å². The number of sulfonamides is 2. The Bertz CT molecular complexity index is 1330. The highest BCUT2D eigenvalue weighted by Crippen LogP contribution is 2.30. The van der Waals surface area contributed by atoms with E-state index in [1.807, 2.05) is 6.07 Å². The van der Waals surface area contributed by atoms with Gasteiger partial charge in [0.25, 0.3) is 0 Å². The summed E-state index contributed by atoms with van der Waals surface area (Å²) in [6, 6.07) is 11.0. The Labute approximate surface area is 227 Å². The Morgan fingerprint density at radius 2 is 1.50 bits per heavy atom. The molecule has 0 atom stereocenters. The van der Waals surface area contributed by atoms with Crippen molar-refractivity contribution in [3.8, 4) is 11.5 Å². The van der Waals surface area contributed by atoms with E-state index in [-0.39, 0.29) is 16.3 Å². The topological polar surface area (TPSA) is 93.2 Å². The molecule has 38 heavy (non-hydrogen) atoms. The van der Waals surface area contributed by atoms with Crippen LogP contribution in [0.5, 0.6) is 11.5 Å². The summed E-state index contributed by atoms with van der Waals surface area (Å²) in [5.74, 6) is 1.10. The summed E-state index contributed by atoms with van der Waals surface area (Å²) in [7, 11) is -4.43. The van der Waals surface area contributed by atoms with Crippen molar-refractivity contribution >= 4 is 20.0 Å². The molecule has 2 aromatic rings. The van der Waals surface area contributed by atoms with Gasteiger partial charge in [0.05, 0.1) is 24.0 Å². The Kier molecular flexibility index (Phi) is 9.51. The van der Waals surface area contributed by atoms with Crippen LogP contribution in [0.25, 0.3) is 0 Å². The van der Waals surface area contributed by atoms with E-state index in [4.69, 9.17) is 9.47 Å². The molecule has 0 spiro atoms. The minimum atomic E-state index is -3.90. The molecule has 2 aliphatic rings. The molecule has 0 N–H and O–H groups in total. The first-order valence-electron chi connectivity index (χ1n) is 13.2. The van der Waals surface area contributed by atoms with Crippen LogP contribution < -0.4 is 9.47 Å². The SMILES string of the molecule is COc1ccc(CN(CCC2=CCCCC2)S(=O)(=O)c2ccc(S(=O)(=O)N3CCCCC3)cc2)cc1OC. The number of methoxy groups -OCH3 is 2. The van der Waals surface area contributed by atoms with E-state index in [1.54, 1.807) is 26.4 Å². The number of ether oxygens (including phenoxy) is 2. The molecule has 1 fully saturated rings. The zero-order valence-corrected chi connectivity index (χ0v) is 23.9. The van der Waals surface area contributed by atoms with Gasteiger partial charge in [-0.15, -0.1) is 0 Å². The Morgan fingerprint density at radius 3 is 2.13 bits per heavy atom. The lowest BCUT2D eigenvalue weighted by Crippen LogP contribution is -2.35. The standard InChI is InChI=1S/C28H38N2O6S2/c1-35-27-16-11-24(21-28(27)36-2)22-30(20-17-23-9-5-3-6-10-23)38(33,34)26-14-12-25(13-15-26)37(31,32)29-18-7-4-8-19-29/h9,11-16,21H,3-8,10,17-20,22H2,1-2H3. The third-order valence-electron chi connectivity index (χ3n) is 7.29. The van der Waals surface area contributed by atoms with E-state index in [0.717, 1.165) is 44.1 Å². The molecule has 208 valence electrons. The van der Waals surface area contributed by atoms with Gasteiger partial charge >= 0.3 is 0 Å². The lowest BCUT2D eigenvalue weighted by molar-refractivity contribution is 0.346. The second-order valence-corrected chi connectivity index (χ2v) is 13.7. The lowest BCUT2D eigenvalue weighted by atomic mass is 9.97. The molecular weight excluding hydrogens is 524 g/mol. The number of rotatable bonds is 11.